The number of halogens is 2. The van der Waals surface area contributed by atoms with Crippen LogP contribution in [0.2, 0.25) is 10.0 Å². The molecule has 0 heterocycles. The fourth-order valence-corrected chi connectivity index (χ4v) is 2.36. The molecule has 0 unspecified atom stereocenters. The lowest BCUT2D eigenvalue weighted by atomic mass is 10.1. The Morgan fingerprint density at radius 1 is 1.13 bits per heavy atom. The Bertz CT molecular complexity index is 669. The fourth-order valence-electron chi connectivity index (χ4n) is 1.90. The van der Waals surface area contributed by atoms with Crippen molar-refractivity contribution in [1.82, 2.24) is 0 Å². The van der Waals surface area contributed by atoms with Crippen LogP contribution >= 0.6 is 23.2 Å². The molecule has 0 saturated carbocycles. The molecular formula is C18H19Cl2NO2. The Balaban J connectivity index is 1.97. The Morgan fingerprint density at radius 2 is 1.83 bits per heavy atom. The van der Waals surface area contributed by atoms with E-state index >= 15 is 0 Å². The van der Waals surface area contributed by atoms with E-state index in [1.165, 1.54) is 0 Å². The molecule has 0 aliphatic carbocycles. The smallest absolute Gasteiger partial charge is 0.255 e. The summed E-state index contributed by atoms with van der Waals surface area (Å²) in [5.41, 5.74) is 1.06. The van der Waals surface area contributed by atoms with Crippen molar-refractivity contribution < 1.29 is 9.53 Å². The first-order chi connectivity index (χ1) is 11.0. The lowest BCUT2D eigenvalue weighted by Gasteiger charge is -2.10. The second-order valence-electron chi connectivity index (χ2n) is 5.63. The molecule has 0 bridgehead atoms. The minimum absolute atomic E-state index is 0.233. The van der Waals surface area contributed by atoms with Crippen LogP contribution in [0.15, 0.2) is 42.5 Å². The summed E-state index contributed by atoms with van der Waals surface area (Å²) >= 11 is 11.9. The number of carbonyl (C=O) groups excluding carboxylic acids is 1. The molecule has 1 amide bonds. The molecule has 0 spiro atoms. The van der Waals surface area contributed by atoms with Gasteiger partial charge in [-0.2, -0.15) is 0 Å². The molecule has 2 rings (SSSR count). The van der Waals surface area contributed by atoms with Crippen LogP contribution in [0.1, 0.15) is 30.6 Å². The van der Waals surface area contributed by atoms with Crippen LogP contribution in [0.4, 0.5) is 5.69 Å². The van der Waals surface area contributed by atoms with Gasteiger partial charge in [0.15, 0.2) is 0 Å². The number of hydrogen-bond donors (Lipinski definition) is 1. The largest absolute Gasteiger partial charge is 0.494 e. The van der Waals surface area contributed by atoms with Gasteiger partial charge in [0.1, 0.15) is 5.75 Å². The number of anilines is 1. The lowest BCUT2D eigenvalue weighted by Crippen LogP contribution is -2.12. The number of rotatable bonds is 6. The molecule has 0 radical (unpaired) electrons. The highest BCUT2D eigenvalue weighted by Gasteiger charge is 2.09. The van der Waals surface area contributed by atoms with E-state index in [-0.39, 0.29) is 5.91 Å². The predicted octanol–water partition coefficient (Wildman–Crippen LogP) is 5.67. The maximum absolute atomic E-state index is 12.2. The minimum atomic E-state index is -0.233. The van der Waals surface area contributed by atoms with Gasteiger partial charge < -0.3 is 10.1 Å². The lowest BCUT2D eigenvalue weighted by molar-refractivity contribution is 0.102. The normalized spacial score (nSPS) is 10.7. The number of nitrogens with one attached hydrogen (secondary N) is 1. The molecule has 23 heavy (non-hydrogen) atoms. The summed E-state index contributed by atoms with van der Waals surface area (Å²) in [5, 5.41) is 3.69. The quantitative estimate of drug-likeness (QED) is 0.727. The van der Waals surface area contributed by atoms with Gasteiger partial charge in [-0.05, 0) is 54.8 Å². The van der Waals surface area contributed by atoms with E-state index in [0.29, 0.717) is 33.8 Å². The highest BCUT2D eigenvalue weighted by atomic mass is 35.5. The molecule has 1 N–H and O–H groups in total. The average Bonchev–Trinajstić information content (AvgIpc) is 2.50. The van der Waals surface area contributed by atoms with E-state index in [2.05, 4.69) is 19.2 Å². The topological polar surface area (TPSA) is 38.3 Å². The molecule has 2 aromatic carbocycles. The van der Waals surface area contributed by atoms with Crippen molar-refractivity contribution in [3.8, 4) is 5.75 Å². The Labute approximate surface area is 146 Å². The third kappa shape index (κ3) is 5.45. The van der Waals surface area contributed by atoms with Gasteiger partial charge in [-0.1, -0.05) is 37.0 Å². The van der Waals surface area contributed by atoms with E-state index in [0.717, 1.165) is 12.2 Å². The Hall–Kier alpha value is -1.71. The van der Waals surface area contributed by atoms with Gasteiger partial charge >= 0.3 is 0 Å². The second-order valence-corrected chi connectivity index (χ2v) is 6.48. The van der Waals surface area contributed by atoms with Crippen molar-refractivity contribution in [3.63, 3.8) is 0 Å². The van der Waals surface area contributed by atoms with Crippen LogP contribution in [0.5, 0.6) is 5.75 Å². The van der Waals surface area contributed by atoms with E-state index < -0.39 is 0 Å². The molecule has 2 aromatic rings. The maximum Gasteiger partial charge on any atom is 0.255 e. The van der Waals surface area contributed by atoms with E-state index in [4.69, 9.17) is 27.9 Å². The summed E-state index contributed by atoms with van der Waals surface area (Å²) in [6.45, 7) is 4.97. The van der Waals surface area contributed by atoms with Crippen molar-refractivity contribution >= 4 is 34.8 Å². The minimum Gasteiger partial charge on any atom is -0.494 e. The van der Waals surface area contributed by atoms with Crippen LogP contribution in [-0.4, -0.2) is 12.5 Å². The van der Waals surface area contributed by atoms with Crippen molar-refractivity contribution in [2.45, 2.75) is 20.3 Å². The summed E-state index contributed by atoms with van der Waals surface area (Å²) < 4.78 is 5.63. The van der Waals surface area contributed by atoms with Crippen molar-refractivity contribution in [1.29, 1.82) is 0 Å². The molecule has 0 saturated heterocycles. The summed E-state index contributed by atoms with van der Waals surface area (Å²) in [5.74, 6) is 1.12. The first kappa shape index (κ1) is 17.6. The van der Waals surface area contributed by atoms with Gasteiger partial charge in [-0.15, -0.1) is 0 Å². The summed E-state index contributed by atoms with van der Waals surface area (Å²) in [6.07, 6.45) is 0.997. The van der Waals surface area contributed by atoms with E-state index in [9.17, 15) is 4.79 Å². The zero-order valence-electron chi connectivity index (χ0n) is 13.1. The monoisotopic (exact) mass is 351 g/mol. The van der Waals surface area contributed by atoms with Crippen LogP contribution < -0.4 is 10.1 Å². The molecular weight excluding hydrogens is 333 g/mol. The van der Waals surface area contributed by atoms with Crippen molar-refractivity contribution in [3.05, 3.63) is 58.1 Å². The standard InChI is InChI=1S/C18H19Cl2NO2/c1-12(2)9-10-23-15-6-3-13(4-7-15)18(22)21-17-8-5-14(19)11-16(17)20/h3-8,11-12H,9-10H2,1-2H3,(H,21,22). The molecule has 0 fully saturated rings. The van der Waals surface area contributed by atoms with Gasteiger partial charge in [0.25, 0.3) is 5.91 Å². The van der Waals surface area contributed by atoms with Gasteiger partial charge in [-0.3, -0.25) is 4.79 Å². The highest BCUT2D eigenvalue weighted by molar-refractivity contribution is 6.36. The summed E-state index contributed by atoms with van der Waals surface area (Å²) in [7, 11) is 0. The van der Waals surface area contributed by atoms with Crippen LogP contribution in [-0.2, 0) is 0 Å². The third-order valence-corrected chi connectivity index (χ3v) is 3.81. The van der Waals surface area contributed by atoms with Gasteiger partial charge in [-0.25, -0.2) is 0 Å². The van der Waals surface area contributed by atoms with E-state index in [1.807, 2.05) is 0 Å². The van der Waals surface area contributed by atoms with Crippen LogP contribution in [0.25, 0.3) is 0 Å². The summed E-state index contributed by atoms with van der Waals surface area (Å²) in [6, 6.07) is 12.0. The molecule has 0 atom stereocenters. The molecule has 3 nitrogen and oxygen atoms in total. The maximum atomic E-state index is 12.2. The highest BCUT2D eigenvalue weighted by Crippen LogP contribution is 2.26. The Morgan fingerprint density at radius 3 is 2.43 bits per heavy atom. The van der Waals surface area contributed by atoms with E-state index in [1.54, 1.807) is 42.5 Å². The zero-order valence-corrected chi connectivity index (χ0v) is 14.6. The number of amides is 1. The first-order valence-corrected chi connectivity index (χ1v) is 8.20. The zero-order chi connectivity index (χ0) is 16.8. The third-order valence-electron chi connectivity index (χ3n) is 3.26. The SMILES string of the molecule is CC(C)CCOc1ccc(C(=O)Nc2ccc(Cl)cc2Cl)cc1. The van der Waals surface area contributed by atoms with Crippen molar-refractivity contribution in [2.24, 2.45) is 5.92 Å². The van der Waals surface area contributed by atoms with Crippen LogP contribution in [0, 0.1) is 5.92 Å². The number of ether oxygens (including phenoxy) is 1. The number of benzene rings is 2. The first-order valence-electron chi connectivity index (χ1n) is 7.45. The van der Waals surface area contributed by atoms with Crippen LogP contribution in [0.3, 0.4) is 0 Å². The molecule has 122 valence electrons. The molecule has 0 aromatic heterocycles. The fraction of sp³-hybridized carbons (Fsp3) is 0.278. The van der Waals surface area contributed by atoms with Gasteiger partial charge in [0.05, 0.1) is 17.3 Å². The Kier molecular flexibility index (Phi) is 6.31. The molecule has 5 heteroatoms. The number of carbonyl (C=O) groups is 1. The second kappa shape index (κ2) is 8.23. The van der Waals surface area contributed by atoms with Gasteiger partial charge in [0.2, 0.25) is 0 Å². The number of hydrogen-bond acceptors (Lipinski definition) is 2. The molecule has 0 aliphatic heterocycles. The average molecular weight is 352 g/mol. The predicted molar refractivity (Wildman–Crippen MR) is 95.8 cm³/mol. The van der Waals surface area contributed by atoms with Gasteiger partial charge in [0, 0.05) is 10.6 Å². The molecule has 0 aliphatic rings. The van der Waals surface area contributed by atoms with Crippen molar-refractivity contribution in [2.75, 3.05) is 11.9 Å². The summed E-state index contributed by atoms with van der Waals surface area (Å²) in [4.78, 5) is 12.2.